The molecule has 0 aromatic carbocycles. The van der Waals surface area contributed by atoms with Gasteiger partial charge >= 0.3 is 0 Å². The Balaban J connectivity index is 2.08. The van der Waals surface area contributed by atoms with E-state index in [-0.39, 0.29) is 0 Å². The first kappa shape index (κ1) is 15.9. The average Bonchev–Trinajstić information content (AvgIpc) is 2.61. The van der Waals surface area contributed by atoms with Gasteiger partial charge in [0, 0.05) is 33.4 Å². The lowest BCUT2D eigenvalue weighted by Crippen LogP contribution is -2.32. The number of hydrogen-bond acceptors (Lipinski definition) is 4. The van der Waals surface area contributed by atoms with Crippen molar-refractivity contribution in [1.82, 2.24) is 9.80 Å². The minimum Gasteiger partial charge on any atom is -0.385 e. The third-order valence-corrected chi connectivity index (χ3v) is 3.68. The van der Waals surface area contributed by atoms with E-state index in [1.54, 1.807) is 7.11 Å². The average molecular weight is 257 g/mol. The van der Waals surface area contributed by atoms with Gasteiger partial charge in [0.2, 0.25) is 0 Å². The monoisotopic (exact) mass is 257 g/mol. The molecule has 0 bridgehead atoms. The van der Waals surface area contributed by atoms with Gasteiger partial charge < -0.3 is 20.3 Å². The van der Waals surface area contributed by atoms with E-state index >= 15 is 0 Å². The second kappa shape index (κ2) is 10.7. The number of methoxy groups -OCH3 is 1. The van der Waals surface area contributed by atoms with Crippen molar-refractivity contribution >= 4 is 0 Å². The van der Waals surface area contributed by atoms with Crippen LogP contribution in [-0.4, -0.2) is 69.3 Å². The summed E-state index contributed by atoms with van der Waals surface area (Å²) in [5, 5.41) is 0. The highest BCUT2D eigenvalue weighted by atomic mass is 16.5. The third-order valence-electron chi connectivity index (χ3n) is 3.68. The Morgan fingerprint density at radius 2 is 1.56 bits per heavy atom. The summed E-state index contributed by atoms with van der Waals surface area (Å²) in [4.78, 5) is 5.20. The molecular weight excluding hydrogens is 226 g/mol. The molecule has 0 saturated carbocycles. The van der Waals surface area contributed by atoms with E-state index < -0.39 is 0 Å². The van der Waals surface area contributed by atoms with E-state index in [9.17, 15) is 0 Å². The van der Waals surface area contributed by atoms with Crippen LogP contribution >= 0.6 is 0 Å². The molecule has 4 nitrogen and oxygen atoms in total. The fourth-order valence-electron chi connectivity index (χ4n) is 2.56. The predicted octanol–water partition coefficient (Wildman–Crippen LogP) is 1.16. The largest absolute Gasteiger partial charge is 0.385 e. The Hall–Kier alpha value is -0.160. The Labute approximate surface area is 112 Å². The summed E-state index contributed by atoms with van der Waals surface area (Å²) < 4.78 is 5.11. The molecule has 0 aromatic heterocycles. The van der Waals surface area contributed by atoms with Gasteiger partial charge in [0.05, 0.1) is 0 Å². The van der Waals surface area contributed by atoms with Crippen LogP contribution < -0.4 is 5.73 Å². The Morgan fingerprint density at radius 1 is 0.889 bits per heavy atom. The van der Waals surface area contributed by atoms with E-state index in [1.807, 2.05) is 0 Å². The van der Waals surface area contributed by atoms with E-state index in [1.165, 1.54) is 65.0 Å². The van der Waals surface area contributed by atoms with Crippen LogP contribution in [0.4, 0.5) is 0 Å². The zero-order valence-electron chi connectivity index (χ0n) is 12.1. The molecule has 0 aliphatic carbocycles. The molecular formula is C14H31N3O. The molecule has 1 rings (SSSR count). The number of ether oxygens (including phenoxy) is 1. The molecule has 0 unspecified atom stereocenters. The second-order valence-electron chi connectivity index (χ2n) is 5.23. The topological polar surface area (TPSA) is 41.7 Å². The first-order chi connectivity index (χ1) is 8.86. The summed E-state index contributed by atoms with van der Waals surface area (Å²) in [5.41, 5.74) is 5.52. The van der Waals surface area contributed by atoms with Crippen LogP contribution in [-0.2, 0) is 4.74 Å². The van der Waals surface area contributed by atoms with Crippen molar-refractivity contribution in [3.05, 3.63) is 0 Å². The molecule has 0 amide bonds. The molecule has 1 fully saturated rings. The van der Waals surface area contributed by atoms with E-state index in [4.69, 9.17) is 10.5 Å². The number of nitrogens with two attached hydrogens (primary N) is 1. The van der Waals surface area contributed by atoms with Gasteiger partial charge in [-0.2, -0.15) is 0 Å². The van der Waals surface area contributed by atoms with Crippen molar-refractivity contribution in [3.8, 4) is 0 Å². The molecule has 0 radical (unpaired) electrons. The molecule has 108 valence electrons. The zero-order valence-corrected chi connectivity index (χ0v) is 12.1. The van der Waals surface area contributed by atoms with Gasteiger partial charge in [-0.3, -0.25) is 0 Å². The fourth-order valence-corrected chi connectivity index (χ4v) is 2.56. The van der Waals surface area contributed by atoms with Crippen LogP contribution in [0.1, 0.15) is 32.1 Å². The lowest BCUT2D eigenvalue weighted by atomic mass is 10.2. The molecule has 0 aromatic rings. The normalized spacial score (nSPS) is 19.0. The molecule has 1 heterocycles. The summed E-state index contributed by atoms with van der Waals surface area (Å²) in [6.07, 6.45) is 6.24. The molecule has 4 heteroatoms. The van der Waals surface area contributed by atoms with Crippen LogP contribution in [0.15, 0.2) is 0 Å². The number of rotatable bonds is 9. The standard InChI is InChI=1S/C14H31N3O/c1-18-14-6-11-17-10-5-9-16(12-13-17)8-4-2-3-7-15/h2-15H2,1H3. The highest BCUT2D eigenvalue weighted by Gasteiger charge is 2.13. The molecule has 0 atom stereocenters. The van der Waals surface area contributed by atoms with Crippen molar-refractivity contribution in [2.24, 2.45) is 5.73 Å². The maximum absolute atomic E-state index is 5.52. The highest BCUT2D eigenvalue weighted by Crippen LogP contribution is 2.06. The minimum atomic E-state index is 0.841. The van der Waals surface area contributed by atoms with Gasteiger partial charge in [0.1, 0.15) is 0 Å². The Bertz CT molecular complexity index is 190. The van der Waals surface area contributed by atoms with Gasteiger partial charge in [0.15, 0.2) is 0 Å². The lowest BCUT2D eigenvalue weighted by Gasteiger charge is -2.21. The van der Waals surface area contributed by atoms with Gasteiger partial charge in [0.25, 0.3) is 0 Å². The zero-order chi connectivity index (χ0) is 13.1. The van der Waals surface area contributed by atoms with Crippen molar-refractivity contribution in [2.45, 2.75) is 32.1 Å². The molecule has 1 saturated heterocycles. The predicted molar refractivity (Wildman–Crippen MR) is 76.9 cm³/mol. The maximum Gasteiger partial charge on any atom is 0.0474 e. The summed E-state index contributed by atoms with van der Waals surface area (Å²) in [6.45, 7) is 9.15. The molecule has 1 aliphatic rings. The van der Waals surface area contributed by atoms with Crippen LogP contribution in [0.25, 0.3) is 0 Å². The van der Waals surface area contributed by atoms with E-state index in [0.29, 0.717) is 0 Å². The van der Waals surface area contributed by atoms with Crippen LogP contribution in [0.5, 0.6) is 0 Å². The molecule has 2 N–H and O–H groups in total. The van der Waals surface area contributed by atoms with E-state index in [0.717, 1.165) is 19.6 Å². The maximum atomic E-state index is 5.52. The van der Waals surface area contributed by atoms with Crippen molar-refractivity contribution in [1.29, 1.82) is 0 Å². The van der Waals surface area contributed by atoms with Crippen LogP contribution in [0.2, 0.25) is 0 Å². The summed E-state index contributed by atoms with van der Waals surface area (Å²) in [5.74, 6) is 0. The SMILES string of the molecule is COCCCN1CCCN(CCCCCN)CC1. The number of unbranched alkanes of at least 4 members (excludes halogenated alkanes) is 2. The smallest absolute Gasteiger partial charge is 0.0474 e. The number of hydrogen-bond donors (Lipinski definition) is 1. The van der Waals surface area contributed by atoms with Gasteiger partial charge in [-0.25, -0.2) is 0 Å². The molecule has 0 spiro atoms. The van der Waals surface area contributed by atoms with Crippen molar-refractivity contribution < 1.29 is 4.74 Å². The van der Waals surface area contributed by atoms with Gasteiger partial charge in [-0.05, 0) is 51.9 Å². The Morgan fingerprint density at radius 3 is 2.17 bits per heavy atom. The van der Waals surface area contributed by atoms with Crippen molar-refractivity contribution in [2.75, 3.05) is 59.5 Å². The third kappa shape index (κ3) is 7.31. The first-order valence-corrected chi connectivity index (χ1v) is 7.50. The second-order valence-corrected chi connectivity index (χ2v) is 5.23. The highest BCUT2D eigenvalue weighted by molar-refractivity contribution is 4.69. The summed E-state index contributed by atoms with van der Waals surface area (Å²) in [6, 6.07) is 0. The summed E-state index contributed by atoms with van der Waals surface area (Å²) in [7, 11) is 1.78. The number of nitrogens with zero attached hydrogens (tertiary/aromatic N) is 2. The summed E-state index contributed by atoms with van der Waals surface area (Å²) >= 11 is 0. The minimum absolute atomic E-state index is 0.841. The van der Waals surface area contributed by atoms with Gasteiger partial charge in [-0.1, -0.05) is 6.42 Å². The van der Waals surface area contributed by atoms with Crippen LogP contribution in [0, 0.1) is 0 Å². The van der Waals surface area contributed by atoms with Crippen molar-refractivity contribution in [3.63, 3.8) is 0 Å². The first-order valence-electron chi connectivity index (χ1n) is 7.50. The molecule has 1 aliphatic heterocycles. The Kier molecular flexibility index (Phi) is 9.48. The fraction of sp³-hybridized carbons (Fsp3) is 1.00. The van der Waals surface area contributed by atoms with Gasteiger partial charge in [-0.15, -0.1) is 0 Å². The lowest BCUT2D eigenvalue weighted by molar-refractivity contribution is 0.172. The van der Waals surface area contributed by atoms with E-state index in [2.05, 4.69) is 9.80 Å². The molecule has 18 heavy (non-hydrogen) atoms. The van der Waals surface area contributed by atoms with Crippen LogP contribution in [0.3, 0.4) is 0 Å². The quantitative estimate of drug-likeness (QED) is 0.629.